The van der Waals surface area contributed by atoms with Gasteiger partial charge in [0.05, 0.1) is 24.2 Å². The van der Waals surface area contributed by atoms with Crippen LogP contribution < -0.4 is 21.3 Å². The highest BCUT2D eigenvalue weighted by Crippen LogP contribution is 2.27. The summed E-state index contributed by atoms with van der Waals surface area (Å²) in [5, 5.41) is 43.3. The number of anilines is 1. The molecule has 7 N–H and O–H groups in total. The highest BCUT2D eigenvalue weighted by atomic mass is 16.4. The summed E-state index contributed by atoms with van der Waals surface area (Å²) in [7, 11) is 0. The largest absolute Gasteiger partial charge is 0.481 e. The average molecular weight is 768 g/mol. The average Bonchev–Trinajstić information content (AvgIpc) is 4.00. The van der Waals surface area contributed by atoms with Crippen molar-refractivity contribution >= 4 is 29.5 Å². The number of amides is 1. The van der Waals surface area contributed by atoms with Crippen molar-refractivity contribution in [3.63, 3.8) is 0 Å². The van der Waals surface area contributed by atoms with E-state index in [0.29, 0.717) is 58.5 Å². The quantitative estimate of drug-likeness (QED) is 0.0886. The van der Waals surface area contributed by atoms with Gasteiger partial charge in [-0.25, -0.2) is 0 Å². The Bertz CT molecular complexity index is 1800. The Morgan fingerprint density at radius 1 is 0.607 bits per heavy atom. The summed E-state index contributed by atoms with van der Waals surface area (Å²) >= 11 is 0. The van der Waals surface area contributed by atoms with Gasteiger partial charge in [-0.2, -0.15) is 0 Å². The summed E-state index contributed by atoms with van der Waals surface area (Å²) in [6.07, 6.45) is 3.94. The van der Waals surface area contributed by atoms with Crippen LogP contribution >= 0.6 is 0 Å². The molecule has 0 saturated carbocycles. The summed E-state index contributed by atoms with van der Waals surface area (Å²) in [5.74, 6) is -3.64. The van der Waals surface area contributed by atoms with E-state index in [1.165, 1.54) is 0 Å². The molecule has 3 aromatic carbocycles. The Labute approximate surface area is 329 Å². The molecule has 0 bridgehead atoms. The summed E-state index contributed by atoms with van der Waals surface area (Å²) < 4.78 is 0. The van der Waals surface area contributed by atoms with Crippen molar-refractivity contribution in [2.24, 2.45) is 35.5 Å². The Kier molecular flexibility index (Phi) is 14.5. The van der Waals surface area contributed by atoms with E-state index < -0.39 is 35.7 Å². The van der Waals surface area contributed by atoms with E-state index in [1.807, 2.05) is 77.7 Å². The molecule has 12 heteroatoms. The lowest BCUT2D eigenvalue weighted by molar-refractivity contribution is -0.144. The maximum Gasteiger partial charge on any atom is 0.307 e. The maximum atomic E-state index is 14.2. The third-order valence-electron chi connectivity index (χ3n) is 12.0. The first-order valence-corrected chi connectivity index (χ1v) is 20.2. The second-order valence-electron chi connectivity index (χ2n) is 16.0. The molecule has 0 radical (unpaired) electrons. The van der Waals surface area contributed by atoms with E-state index in [1.54, 1.807) is 0 Å². The Balaban J connectivity index is 1.15. The van der Waals surface area contributed by atoms with Gasteiger partial charge < -0.3 is 41.5 Å². The molecule has 3 fully saturated rings. The number of rotatable bonds is 20. The predicted molar refractivity (Wildman–Crippen MR) is 214 cm³/mol. The minimum Gasteiger partial charge on any atom is -0.481 e. The highest BCUT2D eigenvalue weighted by molar-refractivity contribution is 5.79. The first-order valence-electron chi connectivity index (χ1n) is 20.2. The van der Waals surface area contributed by atoms with Gasteiger partial charge in [0.2, 0.25) is 5.91 Å². The molecule has 6 atom stereocenters. The van der Waals surface area contributed by atoms with Crippen LogP contribution in [-0.4, -0.2) is 96.4 Å². The van der Waals surface area contributed by atoms with Crippen LogP contribution in [0.25, 0.3) is 0 Å². The van der Waals surface area contributed by atoms with Crippen LogP contribution in [0.15, 0.2) is 72.8 Å². The van der Waals surface area contributed by atoms with Crippen molar-refractivity contribution in [1.29, 1.82) is 0 Å². The number of benzene rings is 3. The SMILES string of the molecule is O=C(O)[C@@H](Cc1cccc(NCCN(Cc2cccc(C[C@H](C(=O)O)[C@H]3CCNC3)c2)C(=O)Cc2cccc(C[C@H](C(=O)O)[C@H]3CCNC3)c2)c1)C1CCNC1. The smallest absolute Gasteiger partial charge is 0.307 e. The lowest BCUT2D eigenvalue weighted by Crippen LogP contribution is -2.35. The van der Waals surface area contributed by atoms with Gasteiger partial charge in [0, 0.05) is 25.3 Å². The molecule has 0 spiro atoms. The molecule has 300 valence electrons. The zero-order valence-electron chi connectivity index (χ0n) is 32.1. The first kappa shape index (κ1) is 40.9. The number of carboxylic acid groups (broad SMARTS) is 3. The zero-order chi connectivity index (χ0) is 39.4. The van der Waals surface area contributed by atoms with Gasteiger partial charge in [-0.3, -0.25) is 19.2 Å². The predicted octanol–water partition coefficient (Wildman–Crippen LogP) is 3.93. The second kappa shape index (κ2) is 19.9. The highest BCUT2D eigenvalue weighted by Gasteiger charge is 2.33. The fraction of sp³-hybridized carbons (Fsp3) is 0.500. The summed E-state index contributed by atoms with van der Waals surface area (Å²) in [6.45, 7) is 5.77. The normalized spacial score (nSPS) is 21.0. The third kappa shape index (κ3) is 11.4. The Morgan fingerprint density at radius 2 is 1.04 bits per heavy atom. The molecule has 6 rings (SSSR count). The second-order valence-corrected chi connectivity index (χ2v) is 16.0. The molecule has 1 amide bonds. The molecule has 0 aliphatic carbocycles. The monoisotopic (exact) mass is 767 g/mol. The molecule has 1 unspecified atom stereocenters. The molecule has 3 aromatic rings. The molecule has 56 heavy (non-hydrogen) atoms. The van der Waals surface area contributed by atoms with Crippen molar-refractivity contribution in [2.75, 3.05) is 57.7 Å². The van der Waals surface area contributed by atoms with Crippen LogP contribution in [0.2, 0.25) is 0 Å². The molecular weight excluding hydrogens is 711 g/mol. The molecular formula is C44H57N5O7. The lowest BCUT2D eigenvalue weighted by Gasteiger charge is -2.25. The molecule has 3 heterocycles. The lowest BCUT2D eigenvalue weighted by atomic mass is 9.86. The minimum absolute atomic E-state index is 0.0704. The Morgan fingerprint density at radius 3 is 1.50 bits per heavy atom. The fourth-order valence-electron chi connectivity index (χ4n) is 8.85. The number of carbonyl (C=O) groups excluding carboxylic acids is 1. The van der Waals surface area contributed by atoms with Crippen LogP contribution in [0.3, 0.4) is 0 Å². The van der Waals surface area contributed by atoms with Crippen LogP contribution in [0.1, 0.15) is 47.1 Å². The van der Waals surface area contributed by atoms with E-state index in [0.717, 1.165) is 72.4 Å². The number of nitrogens with zero attached hydrogens (tertiary/aromatic N) is 1. The summed E-state index contributed by atoms with van der Waals surface area (Å²) in [6, 6.07) is 23.4. The van der Waals surface area contributed by atoms with Gasteiger partial charge in [0.15, 0.2) is 0 Å². The zero-order valence-corrected chi connectivity index (χ0v) is 32.1. The summed E-state index contributed by atoms with van der Waals surface area (Å²) in [5.41, 5.74) is 5.35. The van der Waals surface area contributed by atoms with Crippen molar-refractivity contribution < 1.29 is 34.5 Å². The Hall–Kier alpha value is -4.78. The maximum absolute atomic E-state index is 14.2. The van der Waals surface area contributed by atoms with Gasteiger partial charge in [0.1, 0.15) is 0 Å². The van der Waals surface area contributed by atoms with Crippen LogP contribution in [0.5, 0.6) is 0 Å². The number of hydrogen-bond donors (Lipinski definition) is 7. The number of carbonyl (C=O) groups is 4. The molecule has 0 aromatic heterocycles. The van der Waals surface area contributed by atoms with Crippen molar-refractivity contribution in [1.82, 2.24) is 20.9 Å². The van der Waals surface area contributed by atoms with Crippen molar-refractivity contribution in [2.45, 2.75) is 51.5 Å². The summed E-state index contributed by atoms with van der Waals surface area (Å²) in [4.78, 5) is 52.6. The first-order chi connectivity index (χ1) is 27.1. The molecule has 3 aliphatic heterocycles. The van der Waals surface area contributed by atoms with Gasteiger partial charge in [0.25, 0.3) is 0 Å². The number of nitrogens with one attached hydrogen (secondary N) is 4. The molecule has 3 aliphatic rings. The number of aliphatic carboxylic acids is 3. The van der Waals surface area contributed by atoms with Crippen LogP contribution in [0.4, 0.5) is 5.69 Å². The van der Waals surface area contributed by atoms with Crippen molar-refractivity contribution in [3.8, 4) is 0 Å². The minimum atomic E-state index is -0.797. The van der Waals surface area contributed by atoms with E-state index in [2.05, 4.69) is 21.3 Å². The number of carboxylic acids is 3. The van der Waals surface area contributed by atoms with Gasteiger partial charge in [-0.1, -0.05) is 60.7 Å². The third-order valence-corrected chi connectivity index (χ3v) is 12.0. The molecule has 12 nitrogen and oxygen atoms in total. The van der Waals surface area contributed by atoms with E-state index in [-0.39, 0.29) is 30.1 Å². The van der Waals surface area contributed by atoms with E-state index in [9.17, 15) is 34.5 Å². The van der Waals surface area contributed by atoms with E-state index in [4.69, 9.17) is 0 Å². The number of hydrogen-bond acceptors (Lipinski definition) is 8. The van der Waals surface area contributed by atoms with Crippen LogP contribution in [0, 0.1) is 35.5 Å². The standard InChI is InChI=1S/C44H57N5O7/c50-41(24-31-6-1-4-29(18-31)21-38(42(51)52)34-10-13-45-25-34)49(28-33-8-2-5-30(19-33)22-39(43(53)54)35-11-14-46-26-35)17-16-48-37-9-3-7-32(20-37)23-40(44(55)56)36-12-15-47-27-36/h1-9,18-20,34-36,38-40,45-48H,10-17,21-28H2,(H,51,52)(H,53,54)(H,55,56)/t34-,35-,36?,38-,39-,40-/m0/s1. The van der Waals surface area contributed by atoms with Gasteiger partial charge in [-0.15, -0.1) is 0 Å². The fourth-order valence-corrected chi connectivity index (χ4v) is 8.85. The van der Waals surface area contributed by atoms with Gasteiger partial charge in [-0.05, 0) is 135 Å². The van der Waals surface area contributed by atoms with E-state index >= 15 is 0 Å². The van der Waals surface area contributed by atoms with Crippen LogP contribution in [-0.2, 0) is 51.4 Å². The topological polar surface area (TPSA) is 180 Å². The van der Waals surface area contributed by atoms with Gasteiger partial charge >= 0.3 is 17.9 Å². The van der Waals surface area contributed by atoms with Crippen molar-refractivity contribution in [3.05, 3.63) is 101 Å². The molecule has 3 saturated heterocycles.